The first-order valence-electron chi connectivity index (χ1n) is 8.21. The summed E-state index contributed by atoms with van der Waals surface area (Å²) in [5, 5.41) is 3.45. The van der Waals surface area contributed by atoms with Gasteiger partial charge in [0.2, 0.25) is 0 Å². The topological polar surface area (TPSA) is 36.8 Å². The van der Waals surface area contributed by atoms with Gasteiger partial charge < -0.3 is 5.32 Å². The first-order valence-corrected chi connectivity index (χ1v) is 9.79. The normalized spacial score (nSPS) is 15.0. The number of fused-ring (bicyclic) bond motifs is 1. The van der Waals surface area contributed by atoms with Crippen molar-refractivity contribution < 1.29 is 0 Å². The van der Waals surface area contributed by atoms with Crippen molar-refractivity contribution >= 4 is 60.5 Å². The molecule has 0 saturated heterocycles. The number of halogens is 2. The monoisotopic (exact) mass is 467 g/mol. The van der Waals surface area contributed by atoms with E-state index in [1.54, 1.807) is 0 Å². The second-order valence-corrected chi connectivity index (χ2v) is 7.66. The molecule has 0 aromatic heterocycles. The van der Waals surface area contributed by atoms with Gasteiger partial charge >= 0.3 is 0 Å². The van der Waals surface area contributed by atoms with E-state index < -0.39 is 0 Å². The van der Waals surface area contributed by atoms with Gasteiger partial charge in [0.25, 0.3) is 0 Å². The Balaban J connectivity index is 1.80. The van der Waals surface area contributed by atoms with Crippen molar-refractivity contribution in [2.45, 2.75) is 6.42 Å². The fourth-order valence-electron chi connectivity index (χ4n) is 2.78. The number of rotatable bonds is 2. The van der Waals surface area contributed by atoms with Crippen LogP contribution in [-0.2, 0) is 0 Å². The van der Waals surface area contributed by atoms with Crippen LogP contribution < -0.4 is 5.32 Å². The summed E-state index contributed by atoms with van der Waals surface area (Å²) < 4.78 is 2.02. The molecule has 0 amide bonds. The van der Waals surface area contributed by atoms with Gasteiger partial charge in [-0.3, -0.25) is 4.99 Å². The molecule has 3 aromatic rings. The molecule has 1 heterocycles. The van der Waals surface area contributed by atoms with Crippen LogP contribution >= 0.6 is 31.9 Å². The Labute approximate surface area is 169 Å². The summed E-state index contributed by atoms with van der Waals surface area (Å²) in [5.74, 6) is 0.864. The quantitative estimate of drug-likeness (QED) is 0.437. The molecule has 128 valence electrons. The number of aliphatic imine (C=N–C) groups is 2. The lowest BCUT2D eigenvalue weighted by Gasteiger charge is -2.09. The number of hydrogen-bond donors (Lipinski definition) is 1. The highest BCUT2D eigenvalue weighted by atomic mass is 79.9. The van der Waals surface area contributed by atoms with E-state index in [0.29, 0.717) is 6.42 Å². The number of anilines is 1. The van der Waals surface area contributed by atoms with Crippen molar-refractivity contribution in [2.24, 2.45) is 9.98 Å². The minimum Gasteiger partial charge on any atom is -0.342 e. The van der Waals surface area contributed by atoms with Gasteiger partial charge in [0.1, 0.15) is 5.84 Å². The maximum Gasteiger partial charge on any atom is 0.113 e. The first kappa shape index (κ1) is 17.2. The highest BCUT2D eigenvalue weighted by molar-refractivity contribution is 9.10. The van der Waals surface area contributed by atoms with Gasteiger partial charge in [-0.1, -0.05) is 52.3 Å². The Hall–Kier alpha value is -2.24. The van der Waals surface area contributed by atoms with Crippen LogP contribution in [0.5, 0.6) is 0 Å². The number of amidine groups is 1. The van der Waals surface area contributed by atoms with Gasteiger partial charge in [-0.2, -0.15) is 0 Å². The Morgan fingerprint density at radius 2 is 1.58 bits per heavy atom. The largest absolute Gasteiger partial charge is 0.342 e. The van der Waals surface area contributed by atoms with Gasteiger partial charge in [0, 0.05) is 15.4 Å². The van der Waals surface area contributed by atoms with Gasteiger partial charge in [0.05, 0.1) is 22.8 Å². The van der Waals surface area contributed by atoms with Crippen molar-refractivity contribution in [3.63, 3.8) is 0 Å². The summed E-state index contributed by atoms with van der Waals surface area (Å²) in [6, 6.07) is 24.2. The number of nitrogens with one attached hydrogen (secondary N) is 1. The number of nitrogens with zero attached hydrogens (tertiary/aromatic N) is 2. The van der Waals surface area contributed by atoms with Crippen molar-refractivity contribution in [2.75, 3.05) is 5.32 Å². The summed E-state index contributed by atoms with van der Waals surface area (Å²) in [7, 11) is 0. The summed E-state index contributed by atoms with van der Waals surface area (Å²) >= 11 is 7.07. The Kier molecular flexibility index (Phi) is 5.00. The molecule has 1 aliphatic rings. The lowest BCUT2D eigenvalue weighted by molar-refractivity contribution is 1.40. The van der Waals surface area contributed by atoms with Gasteiger partial charge in [-0.25, -0.2) is 4.99 Å². The van der Waals surface area contributed by atoms with Gasteiger partial charge in [0.15, 0.2) is 0 Å². The summed E-state index contributed by atoms with van der Waals surface area (Å²) in [5.41, 5.74) is 4.85. The van der Waals surface area contributed by atoms with E-state index in [2.05, 4.69) is 49.3 Å². The maximum absolute atomic E-state index is 4.90. The molecular formula is C21H15Br2N3. The molecule has 1 N–H and O–H groups in total. The molecule has 0 bridgehead atoms. The Morgan fingerprint density at radius 3 is 2.38 bits per heavy atom. The Bertz CT molecular complexity index is 1010. The third kappa shape index (κ3) is 3.79. The number of hydrogen-bond acceptors (Lipinski definition) is 2. The zero-order chi connectivity index (χ0) is 17.9. The molecule has 0 aliphatic carbocycles. The molecular weight excluding hydrogens is 454 g/mol. The predicted molar refractivity (Wildman–Crippen MR) is 116 cm³/mol. The molecule has 5 heteroatoms. The summed E-state index contributed by atoms with van der Waals surface area (Å²) in [4.78, 5) is 9.74. The van der Waals surface area contributed by atoms with E-state index in [9.17, 15) is 0 Å². The molecule has 1 aliphatic heterocycles. The van der Waals surface area contributed by atoms with Crippen molar-refractivity contribution in [1.82, 2.24) is 0 Å². The lowest BCUT2D eigenvalue weighted by atomic mass is 10.1. The van der Waals surface area contributed by atoms with E-state index in [1.165, 1.54) is 0 Å². The molecule has 26 heavy (non-hydrogen) atoms. The molecule has 0 unspecified atom stereocenters. The average molecular weight is 469 g/mol. The van der Waals surface area contributed by atoms with Gasteiger partial charge in [-0.05, 0) is 57.9 Å². The molecule has 3 nitrogen and oxygen atoms in total. The molecule has 3 aromatic carbocycles. The maximum atomic E-state index is 4.90. The van der Waals surface area contributed by atoms with Crippen molar-refractivity contribution in [1.29, 1.82) is 0 Å². The predicted octanol–water partition coefficient (Wildman–Crippen LogP) is 6.88. The summed E-state index contributed by atoms with van der Waals surface area (Å²) in [6.45, 7) is 0. The lowest BCUT2D eigenvalue weighted by Crippen LogP contribution is -2.15. The van der Waals surface area contributed by atoms with Gasteiger partial charge in [-0.15, -0.1) is 0 Å². The van der Waals surface area contributed by atoms with Crippen molar-refractivity contribution in [3.05, 3.63) is 87.3 Å². The zero-order valence-electron chi connectivity index (χ0n) is 13.8. The number of benzene rings is 3. The standard InChI is InChI=1S/C21H15Br2N3/c22-15-11-9-14(10-12-15)20-13-21(25-17-6-2-1-5-16(17)23)26-19-8-4-3-7-18(19)24-20/h1-12H,13H2,(H,25,26). The Morgan fingerprint density at radius 1 is 0.846 bits per heavy atom. The van der Waals surface area contributed by atoms with E-state index in [-0.39, 0.29) is 0 Å². The van der Waals surface area contributed by atoms with Crippen LogP contribution in [0.1, 0.15) is 12.0 Å². The minimum absolute atomic E-state index is 0.623. The van der Waals surface area contributed by atoms with Crippen LogP contribution in [0.3, 0.4) is 0 Å². The third-order valence-corrected chi connectivity index (χ3v) is 5.26. The second kappa shape index (κ2) is 7.56. The summed E-state index contributed by atoms with van der Waals surface area (Å²) in [6.07, 6.45) is 0.623. The van der Waals surface area contributed by atoms with E-state index >= 15 is 0 Å². The second-order valence-electron chi connectivity index (χ2n) is 5.89. The molecule has 0 radical (unpaired) electrons. The van der Waals surface area contributed by atoms with E-state index in [4.69, 9.17) is 9.98 Å². The fraction of sp³-hybridized carbons (Fsp3) is 0.0476. The van der Waals surface area contributed by atoms with Crippen LogP contribution in [0.2, 0.25) is 0 Å². The average Bonchev–Trinajstić information content (AvgIpc) is 2.83. The third-order valence-electron chi connectivity index (χ3n) is 4.06. The smallest absolute Gasteiger partial charge is 0.113 e. The van der Waals surface area contributed by atoms with Crippen LogP contribution in [0.15, 0.2) is 91.7 Å². The highest BCUT2D eigenvalue weighted by Gasteiger charge is 2.16. The first-order chi connectivity index (χ1) is 12.7. The van der Waals surface area contributed by atoms with E-state index in [0.717, 1.165) is 43.1 Å². The molecule has 4 rings (SSSR count). The SMILES string of the molecule is Brc1ccc(C2=Nc3ccccc3NC(=Nc3ccccc3Br)C2)cc1. The minimum atomic E-state index is 0.623. The highest BCUT2D eigenvalue weighted by Crippen LogP contribution is 2.31. The van der Waals surface area contributed by atoms with Crippen LogP contribution in [0, 0.1) is 0 Å². The number of para-hydroxylation sites is 3. The van der Waals surface area contributed by atoms with Crippen molar-refractivity contribution in [3.8, 4) is 0 Å². The molecule has 0 spiro atoms. The fourth-order valence-corrected chi connectivity index (χ4v) is 3.42. The molecule has 0 saturated carbocycles. The van der Waals surface area contributed by atoms with Crippen LogP contribution in [-0.4, -0.2) is 11.5 Å². The molecule has 0 fully saturated rings. The van der Waals surface area contributed by atoms with Crippen LogP contribution in [0.25, 0.3) is 0 Å². The van der Waals surface area contributed by atoms with E-state index in [1.807, 2.05) is 60.7 Å². The zero-order valence-corrected chi connectivity index (χ0v) is 17.0. The van der Waals surface area contributed by atoms with Crippen LogP contribution in [0.4, 0.5) is 17.1 Å². The molecule has 0 atom stereocenters.